The van der Waals surface area contributed by atoms with E-state index in [2.05, 4.69) is 15.6 Å². The van der Waals surface area contributed by atoms with Crippen LogP contribution in [0.1, 0.15) is 10.4 Å². The fourth-order valence-corrected chi connectivity index (χ4v) is 4.90. The molecule has 0 unspecified atom stereocenters. The molecule has 0 aliphatic rings. The number of carbonyl (C=O) groups is 2. The SMILES string of the molecule is O=C(CSc1cccc(NC(=O)c2cccc(Cl)c2)c1)Nc1nc(-c2ccc(Cl)c(Cl)c2)cs1. The van der Waals surface area contributed by atoms with E-state index in [1.807, 2.05) is 29.6 Å². The number of thiazole rings is 1. The summed E-state index contributed by atoms with van der Waals surface area (Å²) in [7, 11) is 0. The lowest BCUT2D eigenvalue weighted by Gasteiger charge is -2.08. The predicted octanol–water partition coefficient (Wildman–Crippen LogP) is 7.75. The van der Waals surface area contributed by atoms with Gasteiger partial charge in [0.2, 0.25) is 5.91 Å². The van der Waals surface area contributed by atoms with E-state index in [-0.39, 0.29) is 17.6 Å². The Morgan fingerprint density at radius 1 is 0.912 bits per heavy atom. The van der Waals surface area contributed by atoms with E-state index in [1.165, 1.54) is 23.1 Å². The van der Waals surface area contributed by atoms with Crippen LogP contribution >= 0.6 is 57.9 Å². The molecule has 2 N–H and O–H groups in total. The van der Waals surface area contributed by atoms with Crippen LogP contribution in [0.25, 0.3) is 11.3 Å². The van der Waals surface area contributed by atoms with Crippen LogP contribution in [-0.2, 0) is 4.79 Å². The largest absolute Gasteiger partial charge is 0.322 e. The Morgan fingerprint density at radius 2 is 1.74 bits per heavy atom. The maximum atomic E-state index is 12.4. The van der Waals surface area contributed by atoms with Gasteiger partial charge in [0.1, 0.15) is 0 Å². The van der Waals surface area contributed by atoms with Gasteiger partial charge in [-0.3, -0.25) is 9.59 Å². The van der Waals surface area contributed by atoms with Crippen molar-refractivity contribution in [3.8, 4) is 11.3 Å². The zero-order valence-electron chi connectivity index (χ0n) is 17.3. The molecule has 3 aromatic carbocycles. The number of nitrogens with zero attached hydrogens (tertiary/aromatic N) is 1. The molecule has 34 heavy (non-hydrogen) atoms. The molecule has 0 aliphatic carbocycles. The molecule has 4 aromatic rings. The molecule has 0 spiro atoms. The number of halogens is 3. The Balaban J connectivity index is 1.32. The van der Waals surface area contributed by atoms with Gasteiger partial charge in [0, 0.05) is 32.1 Å². The predicted molar refractivity (Wildman–Crippen MR) is 143 cm³/mol. The van der Waals surface area contributed by atoms with Crippen LogP contribution in [0, 0.1) is 0 Å². The number of anilines is 2. The number of benzene rings is 3. The minimum atomic E-state index is -0.260. The highest BCUT2D eigenvalue weighted by Crippen LogP contribution is 2.30. The standard InChI is InChI=1S/C24H16Cl3N3O2S2/c25-16-4-1-3-15(9-16)23(32)28-17-5-2-6-18(11-17)33-13-22(31)30-24-29-21(12-34-24)14-7-8-19(26)20(27)10-14/h1-12H,13H2,(H,28,32)(H,29,30,31). The molecular weight excluding hydrogens is 533 g/mol. The maximum absolute atomic E-state index is 12.4. The third-order valence-corrected chi connectivity index (χ3v) is 7.24. The maximum Gasteiger partial charge on any atom is 0.255 e. The van der Waals surface area contributed by atoms with Gasteiger partial charge in [-0.2, -0.15) is 0 Å². The number of thioether (sulfide) groups is 1. The number of rotatable bonds is 7. The first-order valence-electron chi connectivity index (χ1n) is 9.88. The number of carbonyl (C=O) groups excluding carboxylic acids is 2. The van der Waals surface area contributed by atoms with E-state index in [0.717, 1.165) is 10.5 Å². The Labute approximate surface area is 219 Å². The first kappa shape index (κ1) is 24.6. The van der Waals surface area contributed by atoms with Crippen molar-refractivity contribution in [3.05, 3.63) is 92.7 Å². The zero-order valence-corrected chi connectivity index (χ0v) is 21.3. The summed E-state index contributed by atoms with van der Waals surface area (Å²) >= 11 is 20.7. The average Bonchev–Trinajstić information content (AvgIpc) is 3.28. The zero-order chi connectivity index (χ0) is 24.1. The molecule has 4 rings (SSSR count). The van der Waals surface area contributed by atoms with Gasteiger partial charge >= 0.3 is 0 Å². The molecule has 0 bridgehead atoms. The average molecular weight is 549 g/mol. The van der Waals surface area contributed by atoms with Gasteiger partial charge in [-0.1, -0.05) is 53.0 Å². The highest BCUT2D eigenvalue weighted by atomic mass is 35.5. The molecule has 0 atom stereocenters. The third kappa shape index (κ3) is 6.52. The topological polar surface area (TPSA) is 71.1 Å². The Hall–Kier alpha value is -2.55. The van der Waals surface area contributed by atoms with Crippen LogP contribution in [0.4, 0.5) is 10.8 Å². The Morgan fingerprint density at radius 3 is 2.53 bits per heavy atom. The minimum Gasteiger partial charge on any atom is -0.322 e. The molecule has 10 heteroatoms. The molecule has 0 saturated carbocycles. The van der Waals surface area contributed by atoms with Crippen molar-refractivity contribution in [1.29, 1.82) is 0 Å². The van der Waals surface area contributed by atoms with Crippen molar-refractivity contribution in [3.63, 3.8) is 0 Å². The minimum absolute atomic E-state index is 0.187. The summed E-state index contributed by atoms with van der Waals surface area (Å²) in [6, 6.07) is 19.3. The second kappa shape index (κ2) is 11.3. The van der Waals surface area contributed by atoms with Crippen LogP contribution in [0.2, 0.25) is 15.1 Å². The Kier molecular flexibility index (Phi) is 8.13. The molecule has 0 radical (unpaired) electrons. The molecule has 1 aromatic heterocycles. The molecule has 0 saturated heterocycles. The molecule has 172 valence electrons. The highest BCUT2D eigenvalue weighted by Gasteiger charge is 2.11. The van der Waals surface area contributed by atoms with Gasteiger partial charge in [0.25, 0.3) is 5.91 Å². The normalized spacial score (nSPS) is 10.7. The molecule has 0 aliphatic heterocycles. The summed E-state index contributed by atoms with van der Waals surface area (Å²) in [6.07, 6.45) is 0. The Bertz CT molecular complexity index is 1360. The summed E-state index contributed by atoms with van der Waals surface area (Å²) < 4.78 is 0. The van der Waals surface area contributed by atoms with Gasteiger partial charge in [-0.25, -0.2) is 4.98 Å². The third-order valence-electron chi connectivity index (χ3n) is 4.51. The van der Waals surface area contributed by atoms with Crippen molar-refractivity contribution >= 4 is 80.5 Å². The van der Waals surface area contributed by atoms with Gasteiger partial charge in [-0.05, 0) is 48.5 Å². The van der Waals surface area contributed by atoms with Crippen LogP contribution in [0.5, 0.6) is 0 Å². The second-order valence-electron chi connectivity index (χ2n) is 7.00. The van der Waals surface area contributed by atoms with E-state index >= 15 is 0 Å². The second-order valence-corrected chi connectivity index (χ2v) is 10.2. The van der Waals surface area contributed by atoms with Crippen LogP contribution in [0.3, 0.4) is 0 Å². The quantitative estimate of drug-likeness (QED) is 0.232. The summed E-state index contributed by atoms with van der Waals surface area (Å²) in [6.45, 7) is 0. The molecule has 1 heterocycles. The molecule has 2 amide bonds. The van der Waals surface area contributed by atoms with Gasteiger partial charge < -0.3 is 10.6 Å². The van der Waals surface area contributed by atoms with Crippen LogP contribution in [0.15, 0.2) is 77.0 Å². The monoisotopic (exact) mass is 547 g/mol. The van der Waals surface area contributed by atoms with Crippen molar-refractivity contribution in [2.24, 2.45) is 0 Å². The van der Waals surface area contributed by atoms with Crippen LogP contribution in [-0.4, -0.2) is 22.6 Å². The summed E-state index contributed by atoms with van der Waals surface area (Å²) in [4.78, 5) is 30.1. The van der Waals surface area contributed by atoms with E-state index < -0.39 is 0 Å². The number of hydrogen-bond acceptors (Lipinski definition) is 5. The lowest BCUT2D eigenvalue weighted by atomic mass is 10.2. The highest BCUT2D eigenvalue weighted by molar-refractivity contribution is 8.00. The van der Waals surface area contributed by atoms with E-state index in [4.69, 9.17) is 34.8 Å². The molecule has 0 fully saturated rings. The number of amides is 2. The van der Waals surface area contributed by atoms with E-state index in [9.17, 15) is 9.59 Å². The van der Waals surface area contributed by atoms with Gasteiger partial charge in [0.05, 0.1) is 21.5 Å². The smallest absolute Gasteiger partial charge is 0.255 e. The summed E-state index contributed by atoms with van der Waals surface area (Å²) in [5.41, 5.74) is 2.61. The first-order chi connectivity index (χ1) is 16.4. The molecule has 5 nitrogen and oxygen atoms in total. The number of nitrogens with one attached hydrogen (secondary N) is 2. The van der Waals surface area contributed by atoms with Crippen molar-refractivity contribution in [2.75, 3.05) is 16.4 Å². The van der Waals surface area contributed by atoms with Crippen LogP contribution < -0.4 is 10.6 Å². The fourth-order valence-electron chi connectivity index (χ4n) is 2.92. The van der Waals surface area contributed by atoms with E-state index in [1.54, 1.807) is 42.5 Å². The van der Waals surface area contributed by atoms with Gasteiger partial charge in [-0.15, -0.1) is 23.1 Å². The number of hydrogen-bond donors (Lipinski definition) is 2. The van der Waals surface area contributed by atoms with Gasteiger partial charge in [0.15, 0.2) is 5.13 Å². The molecular formula is C24H16Cl3N3O2S2. The summed E-state index contributed by atoms with van der Waals surface area (Å²) in [5, 5.41) is 9.40. The van der Waals surface area contributed by atoms with Crippen molar-refractivity contribution in [1.82, 2.24) is 4.98 Å². The lowest BCUT2D eigenvalue weighted by molar-refractivity contribution is -0.113. The first-order valence-corrected chi connectivity index (χ1v) is 12.9. The van der Waals surface area contributed by atoms with E-state index in [0.29, 0.717) is 37.1 Å². The fraction of sp³-hybridized carbons (Fsp3) is 0.0417. The van der Waals surface area contributed by atoms with Crippen molar-refractivity contribution in [2.45, 2.75) is 4.90 Å². The lowest BCUT2D eigenvalue weighted by Crippen LogP contribution is -2.14. The van der Waals surface area contributed by atoms with Crippen molar-refractivity contribution < 1.29 is 9.59 Å². The summed E-state index contributed by atoms with van der Waals surface area (Å²) in [5.74, 6) is -0.259. The number of aromatic nitrogens is 1.